The zero-order valence-corrected chi connectivity index (χ0v) is 21.1. The number of aliphatic hydroxyl groups excluding tert-OH is 1. The number of benzene rings is 1. The van der Waals surface area contributed by atoms with Gasteiger partial charge in [-0.3, -0.25) is 4.99 Å². The highest BCUT2D eigenvalue weighted by Crippen LogP contribution is 2.67. The zero-order valence-electron chi connectivity index (χ0n) is 21.1. The van der Waals surface area contributed by atoms with Crippen LogP contribution in [0.25, 0.3) is 0 Å². The quantitative estimate of drug-likeness (QED) is 0.545. The van der Waals surface area contributed by atoms with Crippen LogP contribution < -0.4 is 4.74 Å². The molecule has 0 bridgehead atoms. The molecule has 4 heteroatoms. The first-order valence-electron chi connectivity index (χ1n) is 13.7. The van der Waals surface area contributed by atoms with Crippen molar-refractivity contribution >= 4 is 5.90 Å². The van der Waals surface area contributed by atoms with Crippen LogP contribution in [0, 0.1) is 34.5 Å². The first-order chi connectivity index (χ1) is 16.4. The minimum atomic E-state index is -0.120. The number of aliphatic imine (C=N–C) groups is 1. The lowest BCUT2D eigenvalue weighted by atomic mass is 9.47. The van der Waals surface area contributed by atoms with Crippen molar-refractivity contribution in [3.63, 3.8) is 0 Å². The van der Waals surface area contributed by atoms with E-state index in [4.69, 9.17) is 14.5 Å². The van der Waals surface area contributed by atoms with Gasteiger partial charge in [0.25, 0.3) is 0 Å². The molecular formula is C30H41NO3. The number of hydrogen-bond donors (Lipinski definition) is 1. The van der Waals surface area contributed by atoms with Crippen molar-refractivity contribution in [3.8, 4) is 5.75 Å². The van der Waals surface area contributed by atoms with Crippen LogP contribution in [0.5, 0.6) is 5.75 Å². The van der Waals surface area contributed by atoms with E-state index in [9.17, 15) is 5.11 Å². The second-order valence-corrected chi connectivity index (χ2v) is 12.2. The van der Waals surface area contributed by atoms with Gasteiger partial charge in [-0.25, -0.2) is 0 Å². The monoisotopic (exact) mass is 463 g/mol. The third-order valence-electron chi connectivity index (χ3n) is 10.9. The second-order valence-electron chi connectivity index (χ2n) is 12.2. The minimum Gasteiger partial charge on any atom is -0.497 e. The van der Waals surface area contributed by atoms with Gasteiger partial charge in [-0.2, -0.15) is 0 Å². The Bertz CT molecular complexity index is 983. The molecule has 6 rings (SSSR count). The average Bonchev–Trinajstić information content (AvgIpc) is 3.22. The van der Waals surface area contributed by atoms with Crippen molar-refractivity contribution in [2.75, 3.05) is 13.7 Å². The van der Waals surface area contributed by atoms with Gasteiger partial charge >= 0.3 is 0 Å². The summed E-state index contributed by atoms with van der Waals surface area (Å²) in [6.45, 7) is 5.99. The fraction of sp³-hybridized carbons (Fsp3) is 0.700. The molecule has 1 N–H and O–H groups in total. The lowest BCUT2D eigenvalue weighted by Gasteiger charge is -2.58. The highest BCUT2D eigenvalue weighted by atomic mass is 16.5. The van der Waals surface area contributed by atoms with Gasteiger partial charge in [0.1, 0.15) is 11.9 Å². The molecule has 4 aliphatic carbocycles. The van der Waals surface area contributed by atoms with Gasteiger partial charge in [0.2, 0.25) is 5.90 Å². The Morgan fingerprint density at radius 3 is 2.56 bits per heavy atom. The fourth-order valence-electron chi connectivity index (χ4n) is 9.00. The summed E-state index contributed by atoms with van der Waals surface area (Å²) in [4.78, 5) is 4.75. The molecule has 5 aliphatic rings. The lowest BCUT2D eigenvalue weighted by molar-refractivity contribution is -0.0698. The van der Waals surface area contributed by atoms with Crippen LogP contribution in [-0.2, 0) is 4.74 Å². The number of nitrogens with zero attached hydrogens (tertiary/aromatic N) is 1. The van der Waals surface area contributed by atoms with E-state index in [0.29, 0.717) is 16.7 Å². The average molecular weight is 464 g/mol. The van der Waals surface area contributed by atoms with E-state index in [-0.39, 0.29) is 12.2 Å². The Kier molecular flexibility index (Phi) is 5.59. The number of fused-ring (bicyclic) bond motifs is 5. The molecule has 3 fully saturated rings. The SMILES string of the molecule is COc1ccc(C2=NCC[C@H]([C@H]3CC[C@H]4[C@@H]5CC=C6C[C@@H](O)CC[C@]6(C)[C@H]5CC[C@]34C)O2)cc1. The molecule has 0 amide bonds. The summed E-state index contributed by atoms with van der Waals surface area (Å²) < 4.78 is 12.0. The molecule has 0 radical (unpaired) electrons. The van der Waals surface area contributed by atoms with Gasteiger partial charge in [-0.05, 0) is 104 Å². The number of allylic oxidation sites excluding steroid dienone is 1. The number of methoxy groups -OCH3 is 1. The predicted octanol–water partition coefficient (Wildman–Crippen LogP) is 6.17. The van der Waals surface area contributed by atoms with Crippen LogP contribution in [0.1, 0.15) is 77.2 Å². The highest BCUT2D eigenvalue weighted by molar-refractivity contribution is 5.94. The molecule has 1 aliphatic heterocycles. The summed E-state index contributed by atoms with van der Waals surface area (Å²) in [5.74, 6) is 4.69. The van der Waals surface area contributed by atoms with Gasteiger partial charge in [0, 0.05) is 24.4 Å². The minimum absolute atomic E-state index is 0.120. The van der Waals surface area contributed by atoms with Crippen LogP contribution in [0.4, 0.5) is 0 Å². The third-order valence-corrected chi connectivity index (χ3v) is 10.9. The molecule has 34 heavy (non-hydrogen) atoms. The smallest absolute Gasteiger partial charge is 0.216 e. The Balaban J connectivity index is 1.21. The molecular weight excluding hydrogens is 422 g/mol. The predicted molar refractivity (Wildman–Crippen MR) is 135 cm³/mol. The van der Waals surface area contributed by atoms with Crippen molar-refractivity contribution in [3.05, 3.63) is 41.5 Å². The van der Waals surface area contributed by atoms with Crippen molar-refractivity contribution in [1.82, 2.24) is 0 Å². The first-order valence-corrected chi connectivity index (χ1v) is 13.7. The van der Waals surface area contributed by atoms with E-state index in [0.717, 1.165) is 60.8 Å². The molecule has 3 saturated carbocycles. The van der Waals surface area contributed by atoms with E-state index in [2.05, 4.69) is 32.1 Å². The zero-order chi connectivity index (χ0) is 23.5. The van der Waals surface area contributed by atoms with Crippen molar-refractivity contribution in [2.45, 2.75) is 83.8 Å². The molecule has 1 heterocycles. The first kappa shape index (κ1) is 22.6. The van der Waals surface area contributed by atoms with Crippen LogP contribution in [0.2, 0.25) is 0 Å². The normalized spacial score (nSPS) is 43.5. The highest BCUT2D eigenvalue weighted by Gasteiger charge is 2.60. The van der Waals surface area contributed by atoms with Gasteiger partial charge in [-0.1, -0.05) is 25.5 Å². The van der Waals surface area contributed by atoms with E-state index < -0.39 is 0 Å². The summed E-state index contributed by atoms with van der Waals surface area (Å²) in [5, 5.41) is 10.3. The largest absolute Gasteiger partial charge is 0.497 e. The molecule has 4 nitrogen and oxygen atoms in total. The van der Waals surface area contributed by atoms with E-state index in [1.54, 1.807) is 12.7 Å². The molecule has 0 spiro atoms. The topological polar surface area (TPSA) is 51.0 Å². The maximum atomic E-state index is 10.3. The van der Waals surface area contributed by atoms with Crippen LogP contribution in [0.15, 0.2) is 40.9 Å². The number of aliphatic hydroxyl groups is 1. The molecule has 1 aromatic carbocycles. The summed E-state index contributed by atoms with van der Waals surface area (Å²) >= 11 is 0. The van der Waals surface area contributed by atoms with Gasteiger partial charge in [-0.15, -0.1) is 0 Å². The molecule has 1 aromatic rings. The summed E-state index contributed by atoms with van der Waals surface area (Å²) in [6, 6.07) is 8.12. The molecule has 0 aromatic heterocycles. The third kappa shape index (κ3) is 3.46. The number of hydrogen-bond acceptors (Lipinski definition) is 4. The van der Waals surface area contributed by atoms with E-state index >= 15 is 0 Å². The van der Waals surface area contributed by atoms with Crippen LogP contribution in [0.3, 0.4) is 0 Å². The van der Waals surface area contributed by atoms with Crippen molar-refractivity contribution < 1.29 is 14.6 Å². The van der Waals surface area contributed by atoms with Gasteiger partial charge < -0.3 is 14.6 Å². The Morgan fingerprint density at radius 1 is 0.971 bits per heavy atom. The molecule has 184 valence electrons. The summed E-state index contributed by atoms with van der Waals surface area (Å²) in [6.07, 6.45) is 13.3. The maximum absolute atomic E-state index is 10.3. The molecule has 8 atom stereocenters. The summed E-state index contributed by atoms with van der Waals surface area (Å²) in [7, 11) is 1.70. The van der Waals surface area contributed by atoms with Gasteiger partial charge in [0.05, 0.1) is 13.2 Å². The van der Waals surface area contributed by atoms with Crippen molar-refractivity contribution in [2.24, 2.45) is 39.5 Å². The fourth-order valence-corrected chi connectivity index (χ4v) is 9.00. The molecule has 0 unspecified atom stereocenters. The second kappa shape index (κ2) is 8.40. The standard InChI is InChI=1S/C30H41NO3/c1-29-15-12-21(32)18-20(29)6-9-23-24-10-11-26(30(24,2)16-13-25(23)29)27-14-17-31-28(34-27)19-4-7-22(33-3)8-5-19/h4-8,21,23-27,32H,9-18H2,1-3H3/t21-,23-,24-,25-,26+,27+,29-,30-/m0/s1. The number of ether oxygens (including phenoxy) is 2. The number of rotatable bonds is 3. The van der Waals surface area contributed by atoms with Crippen LogP contribution >= 0.6 is 0 Å². The molecule has 0 saturated heterocycles. The van der Waals surface area contributed by atoms with Gasteiger partial charge in [0.15, 0.2) is 0 Å². The van der Waals surface area contributed by atoms with E-state index in [1.807, 2.05) is 12.1 Å². The Morgan fingerprint density at radius 2 is 1.76 bits per heavy atom. The summed E-state index contributed by atoms with van der Waals surface area (Å²) in [5.41, 5.74) is 3.31. The van der Waals surface area contributed by atoms with Crippen LogP contribution in [-0.4, -0.2) is 36.9 Å². The van der Waals surface area contributed by atoms with Crippen molar-refractivity contribution in [1.29, 1.82) is 0 Å². The maximum Gasteiger partial charge on any atom is 0.216 e. The van der Waals surface area contributed by atoms with E-state index in [1.165, 1.54) is 38.5 Å². The Hall–Kier alpha value is -1.81. The lowest BCUT2D eigenvalue weighted by Crippen LogP contribution is -2.51. The Labute approximate surface area is 204 Å².